The molecule has 0 spiro atoms. The van der Waals surface area contributed by atoms with Crippen LogP contribution in [-0.2, 0) is 0 Å². The number of nitrogens with zero attached hydrogens (tertiary/aromatic N) is 4. The summed E-state index contributed by atoms with van der Waals surface area (Å²) in [4.78, 5) is 14.6. The molecule has 0 saturated carbocycles. The average molecular weight is 291 g/mol. The Labute approximate surface area is 123 Å². The zero-order chi connectivity index (χ0) is 13.9. The number of aromatic nitrogens is 2. The molecule has 1 atom stereocenters. The predicted octanol–water partition coefficient (Wildman–Crippen LogP) is 1.74. The van der Waals surface area contributed by atoms with Crippen molar-refractivity contribution in [2.45, 2.75) is 13.0 Å². The van der Waals surface area contributed by atoms with Gasteiger partial charge in [0, 0.05) is 38.8 Å². The monoisotopic (exact) mass is 291 g/mol. The Hall–Kier alpha value is -1.24. The highest BCUT2D eigenvalue weighted by Crippen LogP contribution is 2.24. The molecule has 1 saturated heterocycles. The second-order valence-corrected chi connectivity index (χ2v) is 6.41. The van der Waals surface area contributed by atoms with Crippen molar-refractivity contribution in [1.29, 1.82) is 0 Å². The summed E-state index contributed by atoms with van der Waals surface area (Å²) >= 11 is 1.66. The van der Waals surface area contributed by atoms with E-state index in [2.05, 4.69) is 50.5 Å². The van der Waals surface area contributed by atoms with Crippen molar-refractivity contribution >= 4 is 27.4 Å². The lowest BCUT2D eigenvalue weighted by Gasteiger charge is -2.34. The van der Waals surface area contributed by atoms with E-state index in [9.17, 15) is 0 Å². The number of nitrogens with one attached hydrogen (secondary N) is 1. The summed E-state index contributed by atoms with van der Waals surface area (Å²) in [6.45, 7) is 7.91. The largest absolute Gasteiger partial charge is 0.366 e. The summed E-state index contributed by atoms with van der Waals surface area (Å²) in [5.74, 6) is 0.956. The van der Waals surface area contributed by atoms with E-state index >= 15 is 0 Å². The molecule has 1 unspecified atom stereocenters. The van der Waals surface area contributed by atoms with Gasteiger partial charge in [-0.2, -0.15) is 0 Å². The van der Waals surface area contributed by atoms with Gasteiger partial charge in [0.1, 0.15) is 17.0 Å². The van der Waals surface area contributed by atoms with Crippen molar-refractivity contribution in [3.05, 3.63) is 17.8 Å². The Kier molecular flexibility index (Phi) is 4.14. The van der Waals surface area contributed by atoms with Crippen LogP contribution < -0.4 is 5.32 Å². The number of hydrogen-bond acceptors (Lipinski definition) is 6. The number of hydrogen-bond donors (Lipinski definition) is 1. The van der Waals surface area contributed by atoms with Gasteiger partial charge in [-0.05, 0) is 25.4 Å². The third-order valence-corrected chi connectivity index (χ3v) is 4.59. The summed E-state index contributed by atoms with van der Waals surface area (Å²) in [7, 11) is 2.19. The molecule has 5 nitrogen and oxygen atoms in total. The second kappa shape index (κ2) is 6.03. The van der Waals surface area contributed by atoms with E-state index in [0.29, 0.717) is 6.04 Å². The van der Waals surface area contributed by atoms with Gasteiger partial charge in [-0.1, -0.05) is 0 Å². The van der Waals surface area contributed by atoms with Gasteiger partial charge in [0.25, 0.3) is 0 Å². The van der Waals surface area contributed by atoms with Gasteiger partial charge in [0.15, 0.2) is 0 Å². The first-order valence-corrected chi connectivity index (χ1v) is 7.96. The lowest BCUT2D eigenvalue weighted by atomic mass is 10.2. The van der Waals surface area contributed by atoms with Gasteiger partial charge in [0.05, 0.1) is 5.39 Å². The topological polar surface area (TPSA) is 44.3 Å². The number of likely N-dealkylation sites (N-methyl/N-ethyl adjacent to an activating group) is 1. The molecule has 0 amide bonds. The highest BCUT2D eigenvalue weighted by molar-refractivity contribution is 7.16. The molecule has 6 heteroatoms. The van der Waals surface area contributed by atoms with Crippen LogP contribution in [0, 0.1) is 0 Å². The maximum atomic E-state index is 4.38. The van der Waals surface area contributed by atoms with Gasteiger partial charge in [-0.3, -0.25) is 4.90 Å². The Morgan fingerprint density at radius 1 is 1.30 bits per heavy atom. The van der Waals surface area contributed by atoms with E-state index in [4.69, 9.17) is 0 Å². The van der Waals surface area contributed by atoms with Gasteiger partial charge >= 0.3 is 0 Å². The first-order valence-electron chi connectivity index (χ1n) is 7.08. The second-order valence-electron chi connectivity index (χ2n) is 5.51. The molecule has 0 radical (unpaired) electrons. The minimum atomic E-state index is 0.386. The highest BCUT2D eigenvalue weighted by Gasteiger charge is 2.16. The fourth-order valence-electron chi connectivity index (χ4n) is 2.60. The standard InChI is InChI=1S/C14H21N5S/c1-11(9-19-6-4-18(2)5-7-19)17-13-12-3-8-20-14(12)16-10-15-13/h3,8,10-11H,4-7,9H2,1-2H3,(H,15,16,17). The number of piperazine rings is 1. The molecule has 3 heterocycles. The minimum Gasteiger partial charge on any atom is -0.366 e. The van der Waals surface area contributed by atoms with Crippen LogP contribution in [0.5, 0.6) is 0 Å². The summed E-state index contributed by atoms with van der Waals surface area (Å²) in [6.07, 6.45) is 1.64. The Morgan fingerprint density at radius 3 is 2.90 bits per heavy atom. The summed E-state index contributed by atoms with van der Waals surface area (Å²) in [5, 5.41) is 6.72. The van der Waals surface area contributed by atoms with Crippen molar-refractivity contribution in [2.24, 2.45) is 0 Å². The number of anilines is 1. The van der Waals surface area contributed by atoms with E-state index < -0.39 is 0 Å². The van der Waals surface area contributed by atoms with Gasteiger partial charge in [-0.25, -0.2) is 9.97 Å². The molecule has 2 aromatic rings. The summed E-state index contributed by atoms with van der Waals surface area (Å²) in [5.41, 5.74) is 0. The maximum Gasteiger partial charge on any atom is 0.138 e. The Bertz CT molecular complexity index is 561. The van der Waals surface area contributed by atoms with Crippen LogP contribution in [0.4, 0.5) is 5.82 Å². The van der Waals surface area contributed by atoms with Crippen molar-refractivity contribution in [3.8, 4) is 0 Å². The van der Waals surface area contributed by atoms with Crippen LogP contribution in [0.15, 0.2) is 17.8 Å². The molecule has 1 fully saturated rings. The summed E-state index contributed by atoms with van der Waals surface area (Å²) < 4.78 is 0. The minimum absolute atomic E-state index is 0.386. The predicted molar refractivity (Wildman–Crippen MR) is 84.4 cm³/mol. The highest BCUT2D eigenvalue weighted by atomic mass is 32.1. The Morgan fingerprint density at radius 2 is 2.10 bits per heavy atom. The molecule has 1 N–H and O–H groups in total. The van der Waals surface area contributed by atoms with E-state index in [1.165, 1.54) is 0 Å². The third-order valence-electron chi connectivity index (χ3n) is 3.77. The molecule has 2 aromatic heterocycles. The molecule has 108 valence electrons. The Balaban J connectivity index is 1.61. The van der Waals surface area contributed by atoms with E-state index in [-0.39, 0.29) is 0 Å². The first kappa shape index (κ1) is 13.7. The zero-order valence-electron chi connectivity index (χ0n) is 12.0. The SMILES string of the molecule is CC(CN1CCN(C)CC1)Nc1ncnc2sccc12. The summed E-state index contributed by atoms with van der Waals surface area (Å²) in [6, 6.07) is 2.47. The molecule has 1 aliphatic heterocycles. The quantitative estimate of drug-likeness (QED) is 0.929. The molecule has 1 aliphatic rings. The van der Waals surface area contributed by atoms with Crippen LogP contribution in [0.2, 0.25) is 0 Å². The van der Waals surface area contributed by atoms with Gasteiger partial charge in [0.2, 0.25) is 0 Å². The molecule has 3 rings (SSSR count). The van der Waals surface area contributed by atoms with E-state index in [1.807, 2.05) is 0 Å². The van der Waals surface area contributed by atoms with Crippen LogP contribution in [0.25, 0.3) is 10.2 Å². The van der Waals surface area contributed by atoms with Crippen molar-refractivity contribution in [3.63, 3.8) is 0 Å². The first-order chi connectivity index (χ1) is 9.72. The lowest BCUT2D eigenvalue weighted by molar-refractivity contribution is 0.151. The molecule has 0 bridgehead atoms. The number of thiophene rings is 1. The number of fused-ring (bicyclic) bond motifs is 1. The molecule has 0 aliphatic carbocycles. The van der Waals surface area contributed by atoms with Crippen molar-refractivity contribution < 1.29 is 0 Å². The average Bonchev–Trinajstić information content (AvgIpc) is 2.91. The van der Waals surface area contributed by atoms with Crippen LogP contribution in [-0.4, -0.2) is 65.6 Å². The molecule has 0 aromatic carbocycles. The maximum absolute atomic E-state index is 4.38. The van der Waals surface area contributed by atoms with Crippen molar-refractivity contribution in [2.75, 3.05) is 45.1 Å². The smallest absolute Gasteiger partial charge is 0.138 e. The molecular weight excluding hydrogens is 270 g/mol. The van der Waals surface area contributed by atoms with E-state index in [1.54, 1.807) is 17.7 Å². The van der Waals surface area contributed by atoms with E-state index in [0.717, 1.165) is 48.8 Å². The van der Waals surface area contributed by atoms with Crippen LogP contribution in [0.1, 0.15) is 6.92 Å². The number of rotatable bonds is 4. The fraction of sp³-hybridized carbons (Fsp3) is 0.571. The normalized spacial score (nSPS) is 19.3. The third kappa shape index (κ3) is 3.08. The van der Waals surface area contributed by atoms with Crippen molar-refractivity contribution in [1.82, 2.24) is 19.8 Å². The lowest BCUT2D eigenvalue weighted by Crippen LogP contribution is -2.47. The van der Waals surface area contributed by atoms with Crippen LogP contribution in [0.3, 0.4) is 0 Å². The fourth-order valence-corrected chi connectivity index (χ4v) is 3.33. The molecule has 20 heavy (non-hydrogen) atoms. The van der Waals surface area contributed by atoms with Gasteiger partial charge < -0.3 is 10.2 Å². The van der Waals surface area contributed by atoms with Gasteiger partial charge in [-0.15, -0.1) is 11.3 Å². The zero-order valence-corrected chi connectivity index (χ0v) is 12.9. The van der Waals surface area contributed by atoms with Crippen LogP contribution >= 0.6 is 11.3 Å². The molecular formula is C14H21N5S.